The molecule has 2 aliphatic heterocycles. The van der Waals surface area contributed by atoms with E-state index in [0.29, 0.717) is 25.1 Å². The van der Waals surface area contributed by atoms with Gasteiger partial charge in [0.2, 0.25) is 5.91 Å². The summed E-state index contributed by atoms with van der Waals surface area (Å²) in [5.74, 6) is 0.0783. The summed E-state index contributed by atoms with van der Waals surface area (Å²) in [6, 6.07) is 7.11. The van der Waals surface area contributed by atoms with E-state index in [9.17, 15) is 14.7 Å². The van der Waals surface area contributed by atoms with Crippen LogP contribution in [0.15, 0.2) is 24.3 Å². The maximum absolute atomic E-state index is 12.0. The van der Waals surface area contributed by atoms with Crippen molar-refractivity contribution >= 4 is 17.5 Å². The zero-order valence-corrected chi connectivity index (χ0v) is 10.6. The first-order valence-corrected chi connectivity index (χ1v) is 6.53. The van der Waals surface area contributed by atoms with Gasteiger partial charge in [0, 0.05) is 37.3 Å². The Morgan fingerprint density at radius 2 is 1.89 bits per heavy atom. The highest BCUT2D eigenvalue weighted by molar-refractivity contribution is 5.97. The lowest BCUT2D eigenvalue weighted by molar-refractivity contribution is -0.117. The Hall–Kier alpha value is -1.88. The number of likely N-dealkylation sites (tertiary alicyclic amines) is 1. The summed E-state index contributed by atoms with van der Waals surface area (Å²) in [6.45, 7) is 1.57. The van der Waals surface area contributed by atoms with E-state index in [1.165, 1.54) is 0 Å². The fourth-order valence-electron chi connectivity index (χ4n) is 2.51. The lowest BCUT2D eigenvalue weighted by Gasteiger charge is -2.35. The molecular formula is C14H16N2O3. The van der Waals surface area contributed by atoms with Crippen molar-refractivity contribution in [3.05, 3.63) is 29.8 Å². The molecule has 3 rings (SSSR count). The molecule has 1 aromatic carbocycles. The number of rotatable bonds is 2. The Balaban J connectivity index is 1.72. The van der Waals surface area contributed by atoms with Gasteiger partial charge in [0.15, 0.2) is 0 Å². The van der Waals surface area contributed by atoms with E-state index >= 15 is 0 Å². The minimum atomic E-state index is -0.384. The maximum atomic E-state index is 12.0. The van der Waals surface area contributed by atoms with Crippen LogP contribution in [0.4, 0.5) is 5.69 Å². The van der Waals surface area contributed by atoms with Crippen molar-refractivity contribution in [1.82, 2.24) is 4.90 Å². The molecule has 0 radical (unpaired) electrons. The smallest absolute Gasteiger partial charge is 0.254 e. The van der Waals surface area contributed by atoms with Crippen LogP contribution in [0.3, 0.4) is 0 Å². The first-order chi connectivity index (χ1) is 9.15. The first-order valence-electron chi connectivity index (χ1n) is 6.53. The third-order valence-corrected chi connectivity index (χ3v) is 3.65. The van der Waals surface area contributed by atoms with Crippen LogP contribution in [0.5, 0.6) is 0 Å². The Bertz CT molecular complexity index is 506. The van der Waals surface area contributed by atoms with Gasteiger partial charge in [-0.15, -0.1) is 0 Å². The van der Waals surface area contributed by atoms with Gasteiger partial charge in [0.1, 0.15) is 0 Å². The summed E-state index contributed by atoms with van der Waals surface area (Å²) in [6.07, 6.45) is 1.11. The quantitative estimate of drug-likeness (QED) is 0.848. The third kappa shape index (κ3) is 2.21. The van der Waals surface area contributed by atoms with Gasteiger partial charge in [-0.25, -0.2) is 0 Å². The summed E-state index contributed by atoms with van der Waals surface area (Å²) in [5.41, 5.74) is 1.45. The molecule has 1 aromatic rings. The number of amides is 2. The molecule has 1 N–H and O–H groups in total. The molecule has 0 unspecified atom stereocenters. The van der Waals surface area contributed by atoms with Gasteiger partial charge in [-0.1, -0.05) is 0 Å². The summed E-state index contributed by atoms with van der Waals surface area (Å²) in [4.78, 5) is 27.0. The Morgan fingerprint density at radius 3 is 2.42 bits per heavy atom. The van der Waals surface area contributed by atoms with Gasteiger partial charge in [-0.05, 0) is 30.7 Å². The molecule has 5 heteroatoms. The molecule has 19 heavy (non-hydrogen) atoms. The number of benzene rings is 1. The standard InChI is InChI=1S/C14H16N2O3/c17-12-8-15(9-12)14(19)10-3-5-11(6-4-10)16-7-1-2-13(16)18/h3-6,12,17H,1-2,7-9H2. The van der Waals surface area contributed by atoms with Crippen LogP contribution >= 0.6 is 0 Å². The molecule has 100 valence electrons. The zero-order valence-electron chi connectivity index (χ0n) is 10.6. The fourth-order valence-corrected chi connectivity index (χ4v) is 2.51. The number of aliphatic hydroxyl groups is 1. The van der Waals surface area contributed by atoms with Crippen LogP contribution in [0.25, 0.3) is 0 Å². The summed E-state index contributed by atoms with van der Waals surface area (Å²) in [7, 11) is 0. The minimum absolute atomic E-state index is 0.0652. The number of aliphatic hydroxyl groups excluding tert-OH is 1. The fraction of sp³-hybridized carbons (Fsp3) is 0.429. The highest BCUT2D eigenvalue weighted by atomic mass is 16.3. The number of β-amino-alcohol motifs (C(OH)–C–C–N with tert-alkyl or cyclic N) is 1. The van der Waals surface area contributed by atoms with Crippen LogP contribution < -0.4 is 4.90 Å². The topological polar surface area (TPSA) is 60.9 Å². The van der Waals surface area contributed by atoms with E-state index in [2.05, 4.69) is 0 Å². The molecule has 5 nitrogen and oxygen atoms in total. The van der Waals surface area contributed by atoms with Crippen molar-refractivity contribution in [3.63, 3.8) is 0 Å². The van der Waals surface area contributed by atoms with Crippen LogP contribution in [0, 0.1) is 0 Å². The molecule has 2 aliphatic rings. The molecule has 0 saturated carbocycles. The Morgan fingerprint density at radius 1 is 1.21 bits per heavy atom. The lowest BCUT2D eigenvalue weighted by atomic mass is 10.1. The molecule has 2 amide bonds. The lowest BCUT2D eigenvalue weighted by Crippen LogP contribution is -2.53. The molecule has 2 fully saturated rings. The highest BCUT2D eigenvalue weighted by Crippen LogP contribution is 2.22. The predicted octanol–water partition coefficient (Wildman–Crippen LogP) is 0.630. The number of nitrogens with zero attached hydrogens (tertiary/aromatic N) is 2. The van der Waals surface area contributed by atoms with Crippen molar-refractivity contribution in [2.75, 3.05) is 24.5 Å². The number of hydrogen-bond acceptors (Lipinski definition) is 3. The van der Waals surface area contributed by atoms with Crippen molar-refractivity contribution in [2.45, 2.75) is 18.9 Å². The van der Waals surface area contributed by atoms with E-state index in [4.69, 9.17) is 0 Å². The number of carbonyl (C=O) groups excluding carboxylic acids is 2. The second kappa shape index (κ2) is 4.66. The summed E-state index contributed by atoms with van der Waals surface area (Å²) in [5, 5.41) is 9.19. The molecule has 0 aliphatic carbocycles. The second-order valence-electron chi connectivity index (χ2n) is 5.06. The van der Waals surface area contributed by atoms with Crippen LogP contribution in [0.1, 0.15) is 23.2 Å². The average Bonchev–Trinajstić information content (AvgIpc) is 2.81. The van der Waals surface area contributed by atoms with E-state index in [0.717, 1.165) is 18.7 Å². The second-order valence-corrected chi connectivity index (χ2v) is 5.06. The molecule has 0 bridgehead atoms. The van der Waals surface area contributed by atoms with Crippen LogP contribution in [-0.4, -0.2) is 47.6 Å². The zero-order chi connectivity index (χ0) is 13.4. The average molecular weight is 260 g/mol. The Labute approximate surface area is 111 Å². The highest BCUT2D eigenvalue weighted by Gasteiger charge is 2.29. The van der Waals surface area contributed by atoms with Gasteiger partial charge < -0.3 is 14.9 Å². The van der Waals surface area contributed by atoms with E-state index in [1.807, 2.05) is 12.1 Å². The van der Waals surface area contributed by atoms with Gasteiger partial charge in [-0.3, -0.25) is 9.59 Å². The molecule has 2 saturated heterocycles. The van der Waals surface area contributed by atoms with E-state index in [1.54, 1.807) is 21.9 Å². The monoisotopic (exact) mass is 260 g/mol. The summed E-state index contributed by atoms with van der Waals surface area (Å²) < 4.78 is 0. The largest absolute Gasteiger partial charge is 0.389 e. The number of anilines is 1. The van der Waals surface area contributed by atoms with Gasteiger partial charge >= 0.3 is 0 Å². The van der Waals surface area contributed by atoms with Crippen molar-refractivity contribution < 1.29 is 14.7 Å². The SMILES string of the molecule is O=C(c1ccc(N2CCCC2=O)cc1)N1CC(O)C1. The number of hydrogen-bond donors (Lipinski definition) is 1. The number of carbonyl (C=O) groups is 2. The molecule has 0 aromatic heterocycles. The van der Waals surface area contributed by atoms with Gasteiger partial charge in [-0.2, -0.15) is 0 Å². The van der Waals surface area contributed by atoms with Gasteiger partial charge in [0.25, 0.3) is 5.91 Å². The van der Waals surface area contributed by atoms with E-state index < -0.39 is 0 Å². The molecule has 0 atom stereocenters. The molecule has 2 heterocycles. The van der Waals surface area contributed by atoms with Crippen molar-refractivity contribution in [1.29, 1.82) is 0 Å². The maximum Gasteiger partial charge on any atom is 0.254 e. The predicted molar refractivity (Wildman–Crippen MR) is 69.9 cm³/mol. The first kappa shape index (κ1) is 12.2. The van der Waals surface area contributed by atoms with Crippen LogP contribution in [-0.2, 0) is 4.79 Å². The normalized spacial score (nSPS) is 19.7. The van der Waals surface area contributed by atoms with Crippen molar-refractivity contribution in [3.8, 4) is 0 Å². The Kier molecular flexibility index (Phi) is 2.98. The van der Waals surface area contributed by atoms with Crippen LogP contribution in [0.2, 0.25) is 0 Å². The molecular weight excluding hydrogens is 244 g/mol. The summed E-state index contributed by atoms with van der Waals surface area (Å²) >= 11 is 0. The van der Waals surface area contributed by atoms with Crippen molar-refractivity contribution in [2.24, 2.45) is 0 Å². The molecule has 0 spiro atoms. The third-order valence-electron chi connectivity index (χ3n) is 3.65. The van der Waals surface area contributed by atoms with E-state index in [-0.39, 0.29) is 17.9 Å². The minimum Gasteiger partial charge on any atom is -0.389 e. The van der Waals surface area contributed by atoms with Gasteiger partial charge in [0.05, 0.1) is 6.10 Å².